The molecule has 90 valence electrons. The Hall–Kier alpha value is -2.27. The molecule has 0 amide bonds. The van der Waals surface area contributed by atoms with Gasteiger partial charge in [0.15, 0.2) is 11.6 Å². The quantitative estimate of drug-likeness (QED) is 0.769. The summed E-state index contributed by atoms with van der Waals surface area (Å²) in [6.45, 7) is 0. The molecule has 1 aromatic carbocycles. The van der Waals surface area contributed by atoms with E-state index in [4.69, 9.17) is 21.9 Å². The van der Waals surface area contributed by atoms with E-state index in [-0.39, 0.29) is 0 Å². The first-order valence-corrected chi connectivity index (χ1v) is 5.62. The van der Waals surface area contributed by atoms with Gasteiger partial charge in [-0.15, -0.1) is 0 Å². The van der Waals surface area contributed by atoms with Crippen LogP contribution in [-0.4, -0.2) is 14.7 Å². The average Bonchev–Trinajstić information content (AvgIpc) is 2.99. The molecule has 0 saturated carbocycles. The summed E-state index contributed by atoms with van der Waals surface area (Å²) < 4.78 is 6.92. The number of rotatable bonds is 2. The van der Waals surface area contributed by atoms with Crippen LogP contribution in [0, 0.1) is 0 Å². The van der Waals surface area contributed by atoms with Crippen LogP contribution in [0.2, 0.25) is 5.02 Å². The molecular formula is C12H9ClN4O. The van der Waals surface area contributed by atoms with E-state index in [1.54, 1.807) is 24.7 Å². The van der Waals surface area contributed by atoms with Crippen LogP contribution in [0.4, 0.5) is 5.82 Å². The molecule has 0 fully saturated rings. The third kappa shape index (κ3) is 1.84. The molecule has 0 aliphatic rings. The SMILES string of the molecule is Nc1cc(-c2ccc(-n3ccnc3)c(Cl)c2)on1. The van der Waals surface area contributed by atoms with Crippen molar-refractivity contribution in [3.8, 4) is 17.0 Å². The van der Waals surface area contributed by atoms with E-state index in [2.05, 4.69) is 10.1 Å². The van der Waals surface area contributed by atoms with E-state index in [1.165, 1.54) is 0 Å². The number of nitrogens with two attached hydrogens (primary N) is 1. The fraction of sp³-hybridized carbons (Fsp3) is 0. The van der Waals surface area contributed by atoms with Gasteiger partial charge in [0.05, 0.1) is 17.0 Å². The molecule has 2 heterocycles. The lowest BCUT2D eigenvalue weighted by Crippen LogP contribution is -1.91. The average molecular weight is 261 g/mol. The van der Waals surface area contributed by atoms with Crippen molar-refractivity contribution in [1.29, 1.82) is 0 Å². The largest absolute Gasteiger partial charge is 0.381 e. The van der Waals surface area contributed by atoms with Crippen LogP contribution in [0.1, 0.15) is 0 Å². The Morgan fingerprint density at radius 3 is 2.78 bits per heavy atom. The second-order valence-corrected chi connectivity index (χ2v) is 4.16. The maximum atomic E-state index is 6.24. The Kier molecular flexibility index (Phi) is 2.53. The lowest BCUT2D eigenvalue weighted by molar-refractivity contribution is 0.436. The van der Waals surface area contributed by atoms with Gasteiger partial charge in [0.2, 0.25) is 0 Å². The number of imidazole rings is 1. The molecule has 0 spiro atoms. The number of hydrogen-bond donors (Lipinski definition) is 1. The van der Waals surface area contributed by atoms with Gasteiger partial charge in [-0.1, -0.05) is 16.8 Å². The van der Waals surface area contributed by atoms with E-state index in [0.29, 0.717) is 16.6 Å². The molecule has 0 aliphatic carbocycles. The highest BCUT2D eigenvalue weighted by Crippen LogP contribution is 2.28. The topological polar surface area (TPSA) is 69.9 Å². The summed E-state index contributed by atoms with van der Waals surface area (Å²) >= 11 is 6.24. The van der Waals surface area contributed by atoms with Crippen LogP contribution < -0.4 is 5.73 Å². The van der Waals surface area contributed by atoms with Crippen molar-refractivity contribution in [3.05, 3.63) is 48.0 Å². The van der Waals surface area contributed by atoms with Crippen molar-refractivity contribution in [3.63, 3.8) is 0 Å². The Morgan fingerprint density at radius 2 is 2.17 bits per heavy atom. The molecule has 3 aromatic rings. The first kappa shape index (κ1) is 10.9. The van der Waals surface area contributed by atoms with Crippen molar-refractivity contribution < 1.29 is 4.52 Å². The minimum Gasteiger partial charge on any atom is -0.381 e. The van der Waals surface area contributed by atoms with Crippen molar-refractivity contribution in [2.75, 3.05) is 5.73 Å². The van der Waals surface area contributed by atoms with Gasteiger partial charge in [-0.2, -0.15) is 0 Å². The van der Waals surface area contributed by atoms with E-state index in [0.717, 1.165) is 11.3 Å². The molecule has 6 heteroatoms. The minimum atomic E-state index is 0.347. The zero-order chi connectivity index (χ0) is 12.5. The second kappa shape index (κ2) is 4.19. The van der Waals surface area contributed by atoms with Gasteiger partial charge in [-0.3, -0.25) is 0 Å². The van der Waals surface area contributed by atoms with E-state index in [1.807, 2.05) is 22.9 Å². The maximum absolute atomic E-state index is 6.24. The highest BCUT2D eigenvalue weighted by molar-refractivity contribution is 6.32. The monoisotopic (exact) mass is 260 g/mol. The lowest BCUT2D eigenvalue weighted by atomic mass is 10.1. The number of hydrogen-bond acceptors (Lipinski definition) is 4. The Bertz CT molecular complexity index is 675. The Labute approximate surface area is 108 Å². The minimum absolute atomic E-state index is 0.347. The number of halogens is 1. The van der Waals surface area contributed by atoms with Crippen molar-refractivity contribution in [2.24, 2.45) is 0 Å². The zero-order valence-electron chi connectivity index (χ0n) is 9.25. The number of nitrogens with zero attached hydrogens (tertiary/aromatic N) is 3. The number of benzene rings is 1. The van der Waals surface area contributed by atoms with Crippen LogP contribution in [0.25, 0.3) is 17.0 Å². The van der Waals surface area contributed by atoms with Crippen molar-refractivity contribution in [1.82, 2.24) is 14.7 Å². The zero-order valence-corrected chi connectivity index (χ0v) is 10.0. The van der Waals surface area contributed by atoms with Gasteiger partial charge in [-0.25, -0.2) is 4.98 Å². The molecule has 5 nitrogen and oxygen atoms in total. The molecule has 0 saturated heterocycles. The van der Waals surface area contributed by atoms with E-state index in [9.17, 15) is 0 Å². The van der Waals surface area contributed by atoms with Gasteiger partial charge >= 0.3 is 0 Å². The van der Waals surface area contributed by atoms with Gasteiger partial charge in [0.25, 0.3) is 0 Å². The third-order valence-corrected chi connectivity index (χ3v) is 2.85. The molecule has 2 N–H and O–H groups in total. The van der Waals surface area contributed by atoms with E-state index < -0.39 is 0 Å². The smallest absolute Gasteiger partial charge is 0.169 e. The summed E-state index contributed by atoms with van der Waals surface area (Å²) in [4.78, 5) is 3.98. The summed E-state index contributed by atoms with van der Waals surface area (Å²) in [5, 5.41) is 4.24. The standard InChI is InChI=1S/C12H9ClN4O/c13-9-5-8(11-6-12(14)16-18-11)1-2-10(9)17-4-3-15-7-17/h1-7H,(H2,14,16). The van der Waals surface area contributed by atoms with Crippen LogP contribution in [-0.2, 0) is 0 Å². The molecule has 2 aromatic heterocycles. The van der Waals surface area contributed by atoms with Crippen LogP contribution in [0.3, 0.4) is 0 Å². The molecule has 0 atom stereocenters. The highest BCUT2D eigenvalue weighted by Gasteiger charge is 2.08. The predicted molar refractivity (Wildman–Crippen MR) is 68.5 cm³/mol. The highest BCUT2D eigenvalue weighted by atomic mass is 35.5. The van der Waals surface area contributed by atoms with Gasteiger partial charge in [-0.05, 0) is 18.2 Å². The normalized spacial score (nSPS) is 10.7. The summed E-state index contributed by atoms with van der Waals surface area (Å²) in [5.74, 6) is 0.936. The molecule has 0 bridgehead atoms. The number of nitrogen functional groups attached to an aromatic ring is 1. The Morgan fingerprint density at radius 1 is 1.28 bits per heavy atom. The predicted octanol–water partition coefficient (Wildman–Crippen LogP) is 2.76. The maximum Gasteiger partial charge on any atom is 0.169 e. The first-order valence-electron chi connectivity index (χ1n) is 5.24. The number of aromatic nitrogens is 3. The summed E-state index contributed by atoms with van der Waals surface area (Å²) in [7, 11) is 0. The molecule has 0 aliphatic heterocycles. The van der Waals surface area contributed by atoms with Crippen molar-refractivity contribution in [2.45, 2.75) is 0 Å². The summed E-state index contributed by atoms with van der Waals surface area (Å²) in [6, 6.07) is 7.23. The molecule has 0 radical (unpaired) electrons. The van der Waals surface area contributed by atoms with Crippen LogP contribution >= 0.6 is 11.6 Å². The fourth-order valence-corrected chi connectivity index (χ4v) is 1.97. The fourth-order valence-electron chi connectivity index (χ4n) is 1.70. The first-order chi connectivity index (χ1) is 8.74. The lowest BCUT2D eigenvalue weighted by Gasteiger charge is -2.05. The van der Waals surface area contributed by atoms with Gasteiger partial charge in [0.1, 0.15) is 0 Å². The van der Waals surface area contributed by atoms with Gasteiger partial charge < -0.3 is 14.8 Å². The second-order valence-electron chi connectivity index (χ2n) is 3.75. The molecule has 3 rings (SSSR count). The van der Waals surface area contributed by atoms with Crippen molar-refractivity contribution >= 4 is 17.4 Å². The van der Waals surface area contributed by atoms with Gasteiger partial charge in [0, 0.05) is 24.0 Å². The van der Waals surface area contributed by atoms with E-state index >= 15 is 0 Å². The summed E-state index contributed by atoms with van der Waals surface area (Å²) in [5.41, 5.74) is 7.19. The van der Waals surface area contributed by atoms with Crippen LogP contribution in [0.5, 0.6) is 0 Å². The summed E-state index contributed by atoms with van der Waals surface area (Å²) in [6.07, 6.45) is 5.21. The Balaban J connectivity index is 2.04. The van der Waals surface area contributed by atoms with Crippen LogP contribution in [0.15, 0.2) is 47.5 Å². The molecule has 0 unspecified atom stereocenters. The molecular weight excluding hydrogens is 252 g/mol. The molecule has 18 heavy (non-hydrogen) atoms. The number of anilines is 1. The third-order valence-electron chi connectivity index (χ3n) is 2.54.